The van der Waals surface area contributed by atoms with Crippen molar-refractivity contribution in [1.29, 1.82) is 0 Å². The second-order valence-electron chi connectivity index (χ2n) is 3.83. The van der Waals surface area contributed by atoms with E-state index in [9.17, 15) is 4.39 Å². The third-order valence-electron chi connectivity index (χ3n) is 2.35. The summed E-state index contributed by atoms with van der Waals surface area (Å²) in [6.07, 6.45) is 0. The lowest BCUT2D eigenvalue weighted by atomic mass is 10.3. The highest BCUT2D eigenvalue weighted by Gasteiger charge is 2.10. The van der Waals surface area contributed by atoms with Gasteiger partial charge < -0.3 is 10.6 Å². The molecule has 2 N–H and O–H groups in total. The van der Waals surface area contributed by atoms with Gasteiger partial charge in [0.15, 0.2) is 5.11 Å². The van der Waals surface area contributed by atoms with Crippen LogP contribution in [0.5, 0.6) is 0 Å². The summed E-state index contributed by atoms with van der Waals surface area (Å²) >= 11 is 17.4. The van der Waals surface area contributed by atoms with Crippen LogP contribution >= 0.6 is 55.7 Å². The summed E-state index contributed by atoms with van der Waals surface area (Å²) in [5.74, 6) is -0.411. The number of hydrogen-bond acceptors (Lipinski definition) is 1. The maximum absolute atomic E-state index is 13.8. The number of halogens is 4. The van der Waals surface area contributed by atoms with Crippen LogP contribution in [-0.4, -0.2) is 5.11 Å². The van der Waals surface area contributed by atoms with Crippen molar-refractivity contribution in [2.75, 3.05) is 10.6 Å². The van der Waals surface area contributed by atoms with Gasteiger partial charge in [0, 0.05) is 19.7 Å². The Bertz CT molecular complexity index is 626. The fourth-order valence-electron chi connectivity index (χ4n) is 1.47. The second-order valence-corrected chi connectivity index (χ2v) is 6.45. The summed E-state index contributed by atoms with van der Waals surface area (Å²) in [5.41, 5.74) is 1.04. The van der Waals surface area contributed by atoms with Crippen LogP contribution in [0.25, 0.3) is 0 Å². The predicted octanol–water partition coefficient (Wildman–Crippen LogP) is 5.81. The number of nitrogens with one attached hydrogen (secondary N) is 2. The lowest BCUT2D eigenvalue weighted by Crippen LogP contribution is -2.20. The van der Waals surface area contributed by atoms with Crippen LogP contribution in [0.2, 0.25) is 5.02 Å². The minimum absolute atomic E-state index is 0.277. The van der Waals surface area contributed by atoms with E-state index in [-0.39, 0.29) is 10.8 Å². The summed E-state index contributed by atoms with van der Waals surface area (Å²) in [4.78, 5) is 0. The van der Waals surface area contributed by atoms with Gasteiger partial charge in [-0.05, 0) is 64.5 Å². The fraction of sp³-hybridized carbons (Fsp3) is 0. The minimum atomic E-state index is -0.411. The summed E-state index contributed by atoms with van der Waals surface area (Å²) in [6.45, 7) is 0. The Balaban J connectivity index is 2.10. The van der Waals surface area contributed by atoms with Crippen LogP contribution in [0.4, 0.5) is 15.8 Å². The lowest BCUT2D eigenvalue weighted by Gasteiger charge is -2.13. The van der Waals surface area contributed by atoms with Gasteiger partial charge in [0.2, 0.25) is 0 Å². The molecule has 2 aromatic rings. The zero-order valence-corrected chi connectivity index (χ0v) is 14.6. The van der Waals surface area contributed by atoms with E-state index in [1.54, 1.807) is 30.3 Å². The molecule has 0 fully saturated rings. The van der Waals surface area contributed by atoms with Gasteiger partial charge in [-0.25, -0.2) is 4.39 Å². The van der Waals surface area contributed by atoms with Gasteiger partial charge >= 0.3 is 0 Å². The number of anilines is 2. The first-order valence-corrected chi connectivity index (χ1v) is 7.81. The highest BCUT2D eigenvalue weighted by Crippen LogP contribution is 2.29. The molecular weight excluding hydrogens is 430 g/mol. The summed E-state index contributed by atoms with van der Waals surface area (Å²) < 4.78 is 15.1. The normalized spacial score (nSPS) is 10.2. The molecule has 104 valence electrons. The van der Waals surface area contributed by atoms with Gasteiger partial charge in [-0.3, -0.25) is 0 Å². The monoisotopic (exact) mass is 436 g/mol. The van der Waals surface area contributed by atoms with Crippen molar-refractivity contribution in [3.8, 4) is 0 Å². The number of thiocarbonyl (C=S) groups is 1. The van der Waals surface area contributed by atoms with Crippen LogP contribution in [0.1, 0.15) is 0 Å². The molecule has 2 rings (SSSR count). The van der Waals surface area contributed by atoms with Gasteiger partial charge in [-0.1, -0.05) is 27.5 Å². The SMILES string of the molecule is Fc1cc(Br)cc(Br)c1NC(=S)Nc1ccc(Cl)cc1. The van der Waals surface area contributed by atoms with Crippen LogP contribution in [0.15, 0.2) is 45.3 Å². The van der Waals surface area contributed by atoms with Crippen molar-refractivity contribution in [3.63, 3.8) is 0 Å². The highest BCUT2D eigenvalue weighted by molar-refractivity contribution is 9.11. The predicted molar refractivity (Wildman–Crippen MR) is 93.1 cm³/mol. The molecule has 2 nitrogen and oxygen atoms in total. The number of hydrogen-bond donors (Lipinski definition) is 2. The Hall–Kier alpha value is -0.690. The largest absolute Gasteiger partial charge is 0.332 e. The van der Waals surface area contributed by atoms with Gasteiger partial charge in [-0.2, -0.15) is 0 Å². The van der Waals surface area contributed by atoms with Gasteiger partial charge in [0.05, 0.1) is 5.69 Å². The molecule has 0 aliphatic heterocycles. The van der Waals surface area contributed by atoms with E-state index in [0.717, 1.165) is 5.69 Å². The van der Waals surface area contributed by atoms with Crippen molar-refractivity contribution in [1.82, 2.24) is 0 Å². The van der Waals surface area contributed by atoms with Crippen molar-refractivity contribution in [3.05, 3.63) is 56.2 Å². The van der Waals surface area contributed by atoms with Crippen molar-refractivity contribution < 1.29 is 4.39 Å². The smallest absolute Gasteiger partial charge is 0.175 e. The third-order valence-corrected chi connectivity index (χ3v) is 3.89. The number of rotatable bonds is 2. The first kappa shape index (κ1) is 15.7. The van der Waals surface area contributed by atoms with Crippen LogP contribution in [0.3, 0.4) is 0 Å². The average Bonchev–Trinajstić information content (AvgIpc) is 2.36. The van der Waals surface area contributed by atoms with Crippen LogP contribution in [0, 0.1) is 5.82 Å². The zero-order valence-electron chi connectivity index (χ0n) is 9.88. The molecular formula is C13H8Br2ClFN2S. The molecule has 2 aromatic carbocycles. The average molecular weight is 439 g/mol. The Morgan fingerprint density at radius 2 is 1.75 bits per heavy atom. The standard InChI is InChI=1S/C13H8Br2ClFN2S/c14-7-5-10(15)12(11(17)6-7)19-13(20)18-9-3-1-8(16)2-4-9/h1-6H,(H2,18,19,20). The Morgan fingerprint density at radius 1 is 1.10 bits per heavy atom. The molecule has 0 atom stereocenters. The number of benzene rings is 2. The molecule has 0 radical (unpaired) electrons. The van der Waals surface area contributed by atoms with E-state index >= 15 is 0 Å². The maximum Gasteiger partial charge on any atom is 0.175 e. The van der Waals surface area contributed by atoms with Crippen molar-refractivity contribution in [2.24, 2.45) is 0 Å². The molecule has 0 saturated heterocycles. The summed E-state index contributed by atoms with van der Waals surface area (Å²) in [7, 11) is 0. The molecule has 7 heteroatoms. The van der Waals surface area contributed by atoms with E-state index in [0.29, 0.717) is 14.0 Å². The van der Waals surface area contributed by atoms with Gasteiger partial charge in [0.25, 0.3) is 0 Å². The van der Waals surface area contributed by atoms with Crippen LogP contribution in [-0.2, 0) is 0 Å². The van der Waals surface area contributed by atoms with E-state index < -0.39 is 5.82 Å². The summed E-state index contributed by atoms with van der Waals surface area (Å²) in [6, 6.07) is 10.1. The molecule has 0 saturated carbocycles. The first-order chi connectivity index (χ1) is 9.45. The van der Waals surface area contributed by atoms with E-state index in [1.165, 1.54) is 6.07 Å². The Kier molecular flexibility index (Phi) is 5.37. The molecule has 0 aliphatic rings. The first-order valence-electron chi connectivity index (χ1n) is 5.44. The molecule has 0 aliphatic carbocycles. The van der Waals surface area contributed by atoms with E-state index in [2.05, 4.69) is 42.5 Å². The molecule has 20 heavy (non-hydrogen) atoms. The topological polar surface area (TPSA) is 24.1 Å². The molecule has 0 bridgehead atoms. The van der Waals surface area contributed by atoms with Crippen LogP contribution < -0.4 is 10.6 Å². The molecule has 0 unspecified atom stereocenters. The molecule has 0 spiro atoms. The lowest BCUT2D eigenvalue weighted by molar-refractivity contribution is 0.630. The molecule has 0 heterocycles. The van der Waals surface area contributed by atoms with Gasteiger partial charge in [-0.15, -0.1) is 0 Å². The van der Waals surface area contributed by atoms with Gasteiger partial charge in [0.1, 0.15) is 5.82 Å². The van der Waals surface area contributed by atoms with Crippen molar-refractivity contribution >= 4 is 72.2 Å². The highest BCUT2D eigenvalue weighted by atomic mass is 79.9. The third kappa shape index (κ3) is 4.15. The minimum Gasteiger partial charge on any atom is -0.332 e. The zero-order chi connectivity index (χ0) is 14.7. The molecule has 0 aromatic heterocycles. The fourth-order valence-corrected chi connectivity index (χ4v) is 3.09. The van der Waals surface area contributed by atoms with E-state index in [1.807, 2.05) is 0 Å². The second kappa shape index (κ2) is 6.85. The Labute approximate surface area is 143 Å². The van der Waals surface area contributed by atoms with Crippen molar-refractivity contribution in [2.45, 2.75) is 0 Å². The Morgan fingerprint density at radius 3 is 2.35 bits per heavy atom. The summed E-state index contributed by atoms with van der Waals surface area (Å²) in [5, 5.41) is 6.68. The molecule has 0 amide bonds. The maximum atomic E-state index is 13.8. The quantitative estimate of drug-likeness (QED) is 0.579. The van der Waals surface area contributed by atoms with E-state index in [4.69, 9.17) is 23.8 Å².